The number of benzene rings is 2. The van der Waals surface area contributed by atoms with E-state index >= 15 is 0 Å². The number of ether oxygens (including phenoxy) is 1. The Morgan fingerprint density at radius 2 is 2.02 bits per heavy atom. The molecule has 10 nitrogen and oxygen atoms in total. The highest BCUT2D eigenvalue weighted by atomic mass is 35.5. The van der Waals surface area contributed by atoms with Gasteiger partial charge in [-0.1, -0.05) is 23.7 Å². The summed E-state index contributed by atoms with van der Waals surface area (Å²) in [6.45, 7) is 2.56. The lowest BCUT2D eigenvalue weighted by molar-refractivity contribution is -0.137. The summed E-state index contributed by atoms with van der Waals surface area (Å²) in [7, 11) is 0. The molecule has 13 heteroatoms. The molecule has 2 atom stereocenters. The number of nitrogens with one attached hydrogen (secondary N) is 4. The first kappa shape index (κ1) is 30.1. The molecular weight excluding hydrogens is 558 g/mol. The average molecular weight is 589 g/mol. The summed E-state index contributed by atoms with van der Waals surface area (Å²) < 4.78 is 32.9. The number of halogens is 3. The summed E-state index contributed by atoms with van der Waals surface area (Å²) in [5, 5.41) is 11.0. The lowest BCUT2D eigenvalue weighted by atomic mass is 10.1. The molecule has 2 heterocycles. The summed E-state index contributed by atoms with van der Waals surface area (Å²) in [5.74, 6) is -1.48. The minimum atomic E-state index is -0.851. The maximum Gasteiger partial charge on any atom is 0.412 e. The van der Waals surface area contributed by atoms with E-state index in [0.717, 1.165) is 13.0 Å². The number of pyridine rings is 1. The van der Waals surface area contributed by atoms with Gasteiger partial charge in [0.05, 0.1) is 11.1 Å². The molecule has 218 valence electrons. The molecule has 0 radical (unpaired) electrons. The van der Waals surface area contributed by atoms with Crippen molar-refractivity contribution in [3.63, 3.8) is 0 Å². The molecule has 1 aliphatic heterocycles. The number of carbonyl (C=O) groups is 3. The van der Waals surface area contributed by atoms with Crippen LogP contribution in [0.25, 0.3) is 10.8 Å². The topological polar surface area (TPSA) is 125 Å². The third kappa shape index (κ3) is 8.56. The molecule has 4 N–H and O–H groups in total. The van der Waals surface area contributed by atoms with E-state index in [-0.39, 0.29) is 48.8 Å². The Hall–Kier alpha value is -3.87. The van der Waals surface area contributed by atoms with Crippen molar-refractivity contribution in [1.29, 1.82) is 0 Å². The molecule has 1 unspecified atom stereocenters. The second-order valence-corrected chi connectivity index (χ2v) is 10.0. The number of fused-ring (bicyclic) bond motifs is 1. The van der Waals surface area contributed by atoms with Gasteiger partial charge in [0.2, 0.25) is 11.8 Å². The highest BCUT2D eigenvalue weighted by molar-refractivity contribution is 6.31. The molecule has 3 amide bonds. The zero-order chi connectivity index (χ0) is 29.4. The van der Waals surface area contributed by atoms with Gasteiger partial charge < -0.3 is 15.4 Å². The van der Waals surface area contributed by atoms with Crippen molar-refractivity contribution in [2.75, 3.05) is 25.0 Å². The van der Waals surface area contributed by atoms with Crippen LogP contribution in [0.2, 0.25) is 5.02 Å². The fraction of sp³-hybridized carbons (Fsp3) is 0.357. The average Bonchev–Trinajstić information content (AvgIpc) is 3.44. The molecule has 4 rings (SSSR count). The van der Waals surface area contributed by atoms with Crippen LogP contribution in [-0.2, 0) is 20.9 Å². The summed E-state index contributed by atoms with van der Waals surface area (Å²) in [6.07, 6.45) is 1.69. The Balaban J connectivity index is 1.42. The molecule has 0 spiro atoms. The fourth-order valence-corrected chi connectivity index (χ4v) is 4.70. The Labute approximate surface area is 240 Å². The van der Waals surface area contributed by atoms with E-state index in [1.807, 2.05) is 0 Å². The van der Waals surface area contributed by atoms with Gasteiger partial charge in [0, 0.05) is 44.1 Å². The number of hydrogen-bond donors (Lipinski definition) is 4. The molecular formula is C28H31ClF2N6O4. The van der Waals surface area contributed by atoms with Crippen LogP contribution in [-0.4, -0.2) is 59.7 Å². The molecule has 0 aliphatic carbocycles. The van der Waals surface area contributed by atoms with Gasteiger partial charge in [-0.3, -0.25) is 19.9 Å². The van der Waals surface area contributed by atoms with Crippen LogP contribution in [0.3, 0.4) is 0 Å². The number of hydrazine groups is 1. The van der Waals surface area contributed by atoms with E-state index in [0.29, 0.717) is 22.9 Å². The van der Waals surface area contributed by atoms with Crippen LogP contribution in [0, 0.1) is 11.6 Å². The maximum atomic E-state index is 13.9. The fourth-order valence-electron chi connectivity index (χ4n) is 4.51. The summed E-state index contributed by atoms with van der Waals surface area (Å²) >= 11 is 6.06. The number of aromatic nitrogens is 1. The van der Waals surface area contributed by atoms with Crippen LogP contribution < -0.4 is 21.4 Å². The first-order valence-electron chi connectivity index (χ1n) is 13.1. The van der Waals surface area contributed by atoms with Gasteiger partial charge in [0.1, 0.15) is 24.1 Å². The zero-order valence-electron chi connectivity index (χ0n) is 22.4. The Bertz CT molecular complexity index is 1410. The van der Waals surface area contributed by atoms with Crippen molar-refractivity contribution in [2.24, 2.45) is 0 Å². The number of hydrogen-bond acceptors (Lipinski definition) is 7. The van der Waals surface area contributed by atoms with Crippen LogP contribution in [0.5, 0.6) is 0 Å². The SMILES string of the molecule is CC(=O)N(NCc1cccc(F)c1Cl)[C@@H](CCC(=O)NC1CCNC1)COC(=O)Nc1cc2cc(F)ccc2cn1. The van der Waals surface area contributed by atoms with Crippen molar-refractivity contribution >= 4 is 46.1 Å². The van der Waals surface area contributed by atoms with Gasteiger partial charge in [0.25, 0.3) is 0 Å². The highest BCUT2D eigenvalue weighted by Crippen LogP contribution is 2.21. The molecule has 1 saturated heterocycles. The summed E-state index contributed by atoms with van der Waals surface area (Å²) in [6, 6.07) is 9.32. The lowest BCUT2D eigenvalue weighted by Crippen LogP contribution is -2.51. The van der Waals surface area contributed by atoms with Crippen LogP contribution in [0.4, 0.5) is 19.4 Å². The van der Waals surface area contributed by atoms with Gasteiger partial charge in [-0.25, -0.2) is 24.0 Å². The Morgan fingerprint density at radius 3 is 2.78 bits per heavy atom. The molecule has 1 aromatic heterocycles. The normalized spacial score (nSPS) is 15.4. The molecule has 1 aliphatic rings. The Morgan fingerprint density at radius 1 is 1.20 bits per heavy atom. The van der Waals surface area contributed by atoms with Crippen molar-refractivity contribution < 1.29 is 27.9 Å². The molecule has 0 bridgehead atoms. The number of rotatable bonds is 11. The molecule has 0 saturated carbocycles. The first-order chi connectivity index (χ1) is 19.7. The van der Waals surface area contributed by atoms with E-state index < -0.39 is 29.7 Å². The second kappa shape index (κ2) is 14.2. The Kier molecular flexibility index (Phi) is 10.4. The van der Waals surface area contributed by atoms with Gasteiger partial charge in [0.15, 0.2) is 0 Å². The highest BCUT2D eigenvalue weighted by Gasteiger charge is 2.25. The smallest absolute Gasteiger partial charge is 0.412 e. The van der Waals surface area contributed by atoms with Crippen LogP contribution >= 0.6 is 11.6 Å². The minimum absolute atomic E-state index is 0.0103. The second-order valence-electron chi connectivity index (χ2n) is 9.67. The van der Waals surface area contributed by atoms with Crippen molar-refractivity contribution in [3.8, 4) is 0 Å². The largest absolute Gasteiger partial charge is 0.447 e. The third-order valence-corrected chi connectivity index (χ3v) is 7.05. The number of anilines is 1. The summed E-state index contributed by atoms with van der Waals surface area (Å²) in [5.41, 5.74) is 3.35. The van der Waals surface area contributed by atoms with E-state index in [1.165, 1.54) is 48.5 Å². The molecule has 41 heavy (non-hydrogen) atoms. The zero-order valence-corrected chi connectivity index (χ0v) is 23.1. The number of amides is 3. The predicted octanol–water partition coefficient (Wildman–Crippen LogP) is 3.90. The maximum absolute atomic E-state index is 13.9. The lowest BCUT2D eigenvalue weighted by Gasteiger charge is -2.31. The first-order valence-corrected chi connectivity index (χ1v) is 13.5. The van der Waals surface area contributed by atoms with Crippen molar-refractivity contribution in [1.82, 2.24) is 26.1 Å². The van der Waals surface area contributed by atoms with Crippen LogP contribution in [0.1, 0.15) is 31.7 Å². The van der Waals surface area contributed by atoms with Gasteiger partial charge >= 0.3 is 6.09 Å². The van der Waals surface area contributed by atoms with E-state index in [4.69, 9.17) is 16.3 Å². The molecule has 2 aromatic carbocycles. The number of carbonyl (C=O) groups excluding carboxylic acids is 3. The van der Waals surface area contributed by atoms with Crippen LogP contribution in [0.15, 0.2) is 48.7 Å². The van der Waals surface area contributed by atoms with E-state index in [2.05, 4.69) is 26.4 Å². The quantitative estimate of drug-likeness (QED) is 0.250. The molecule has 3 aromatic rings. The number of nitrogens with zero attached hydrogens (tertiary/aromatic N) is 2. The minimum Gasteiger partial charge on any atom is -0.447 e. The molecule has 1 fully saturated rings. The van der Waals surface area contributed by atoms with Gasteiger partial charge in [-0.15, -0.1) is 0 Å². The van der Waals surface area contributed by atoms with Gasteiger partial charge in [-0.05, 0) is 60.7 Å². The van der Waals surface area contributed by atoms with E-state index in [1.54, 1.807) is 12.1 Å². The van der Waals surface area contributed by atoms with Crippen molar-refractivity contribution in [3.05, 3.63) is 70.9 Å². The predicted molar refractivity (Wildman–Crippen MR) is 150 cm³/mol. The third-order valence-electron chi connectivity index (χ3n) is 6.63. The van der Waals surface area contributed by atoms with Crippen molar-refractivity contribution in [2.45, 2.75) is 44.8 Å². The van der Waals surface area contributed by atoms with E-state index in [9.17, 15) is 23.2 Å². The standard InChI is InChI=1S/C28H31ClF2N6O4/c1-17(38)37(34-14-19-3-2-4-24(31)27(19)29)23(7-8-26(39)35-22-9-10-32-15-22)16-41-28(40)36-25-12-20-11-21(30)6-5-18(20)13-33-25/h2-6,11-13,22-23,32,34H,7-10,14-16H2,1H3,(H,35,39)(H,33,36,40)/t22?,23-/m0/s1. The monoisotopic (exact) mass is 588 g/mol. The van der Waals surface area contributed by atoms with Gasteiger partial charge in [-0.2, -0.15) is 0 Å². The summed E-state index contributed by atoms with van der Waals surface area (Å²) in [4.78, 5) is 42.0.